The van der Waals surface area contributed by atoms with Crippen LogP contribution in [0.5, 0.6) is 0 Å². The van der Waals surface area contributed by atoms with Crippen LogP contribution < -0.4 is 5.32 Å². The van der Waals surface area contributed by atoms with E-state index in [-0.39, 0.29) is 18.2 Å². The summed E-state index contributed by atoms with van der Waals surface area (Å²) in [5, 5.41) is 11.8. The van der Waals surface area contributed by atoms with Crippen LogP contribution in [-0.2, 0) is 9.53 Å². The number of ether oxygens (including phenoxy) is 1. The second-order valence-electron chi connectivity index (χ2n) is 6.21. The lowest BCUT2D eigenvalue weighted by Gasteiger charge is -2.22. The Morgan fingerprint density at radius 3 is 2.38 bits per heavy atom. The average molecular weight is 295 g/mol. The van der Waals surface area contributed by atoms with Crippen LogP contribution in [0.4, 0.5) is 9.18 Å². The lowest BCUT2D eigenvalue weighted by molar-refractivity contribution is -0.140. The molecule has 0 heterocycles. The van der Waals surface area contributed by atoms with Crippen LogP contribution in [0.25, 0.3) is 0 Å². The molecule has 1 fully saturated rings. The zero-order chi connectivity index (χ0) is 15.8. The molecule has 1 aromatic carbocycles. The monoisotopic (exact) mass is 295 g/mol. The van der Waals surface area contributed by atoms with E-state index >= 15 is 0 Å². The van der Waals surface area contributed by atoms with E-state index in [2.05, 4.69) is 5.32 Å². The number of carbonyl (C=O) groups is 2. The van der Waals surface area contributed by atoms with Crippen LogP contribution in [0, 0.1) is 5.82 Å². The number of halogens is 1. The summed E-state index contributed by atoms with van der Waals surface area (Å²) in [5.74, 6) is -1.90. The fourth-order valence-corrected chi connectivity index (χ4v) is 2.27. The van der Waals surface area contributed by atoms with E-state index in [1.165, 1.54) is 24.3 Å². The number of carboxylic acids is 1. The van der Waals surface area contributed by atoms with Crippen molar-refractivity contribution in [2.45, 2.75) is 44.2 Å². The number of hydrogen-bond donors (Lipinski definition) is 2. The lowest BCUT2D eigenvalue weighted by atomic mass is 10.1. The molecular weight excluding hydrogens is 277 g/mol. The van der Waals surface area contributed by atoms with Crippen LogP contribution in [0.2, 0.25) is 0 Å². The van der Waals surface area contributed by atoms with E-state index in [1.54, 1.807) is 20.8 Å². The minimum Gasteiger partial charge on any atom is -0.479 e. The maximum Gasteiger partial charge on any atom is 0.408 e. The third-order valence-electron chi connectivity index (χ3n) is 3.34. The summed E-state index contributed by atoms with van der Waals surface area (Å²) in [6, 6.07) is 5.60. The second-order valence-corrected chi connectivity index (χ2v) is 6.21. The molecule has 114 valence electrons. The van der Waals surface area contributed by atoms with Gasteiger partial charge in [0.1, 0.15) is 17.0 Å². The van der Waals surface area contributed by atoms with Gasteiger partial charge in [0.2, 0.25) is 0 Å². The smallest absolute Gasteiger partial charge is 0.408 e. The van der Waals surface area contributed by atoms with Crippen molar-refractivity contribution < 1.29 is 23.8 Å². The molecule has 1 aromatic rings. The number of hydrogen-bond acceptors (Lipinski definition) is 3. The molecule has 1 aliphatic carbocycles. The molecule has 0 bridgehead atoms. The highest BCUT2D eigenvalue weighted by atomic mass is 19.1. The third kappa shape index (κ3) is 3.32. The Morgan fingerprint density at radius 2 is 1.90 bits per heavy atom. The molecule has 1 saturated carbocycles. The summed E-state index contributed by atoms with van der Waals surface area (Å²) in [4.78, 5) is 23.3. The van der Waals surface area contributed by atoms with Crippen molar-refractivity contribution in [3.63, 3.8) is 0 Å². The number of benzene rings is 1. The second kappa shape index (κ2) is 5.02. The molecule has 0 aromatic heterocycles. The number of carbonyl (C=O) groups excluding carboxylic acids is 1. The van der Waals surface area contributed by atoms with Crippen molar-refractivity contribution in [1.29, 1.82) is 0 Å². The molecule has 6 heteroatoms. The topological polar surface area (TPSA) is 75.6 Å². The number of carboxylic acid groups (broad SMARTS) is 1. The van der Waals surface area contributed by atoms with Crippen molar-refractivity contribution in [2.24, 2.45) is 0 Å². The molecule has 0 radical (unpaired) electrons. The van der Waals surface area contributed by atoms with Crippen molar-refractivity contribution in [3.05, 3.63) is 35.6 Å². The van der Waals surface area contributed by atoms with Crippen molar-refractivity contribution in [3.8, 4) is 0 Å². The minimum absolute atomic E-state index is 0.257. The quantitative estimate of drug-likeness (QED) is 0.899. The van der Waals surface area contributed by atoms with Gasteiger partial charge >= 0.3 is 12.1 Å². The fourth-order valence-electron chi connectivity index (χ4n) is 2.27. The van der Waals surface area contributed by atoms with Gasteiger partial charge in [0.05, 0.1) is 0 Å². The Balaban J connectivity index is 2.12. The Kier molecular flexibility index (Phi) is 3.65. The van der Waals surface area contributed by atoms with Gasteiger partial charge in [-0.05, 0) is 44.9 Å². The van der Waals surface area contributed by atoms with Gasteiger partial charge in [0.15, 0.2) is 0 Å². The third-order valence-corrected chi connectivity index (χ3v) is 3.34. The highest BCUT2D eigenvalue weighted by Gasteiger charge is 2.62. The zero-order valence-corrected chi connectivity index (χ0v) is 12.1. The molecular formula is C15H18FNO4. The number of rotatable bonds is 3. The van der Waals surface area contributed by atoms with Gasteiger partial charge in [-0.25, -0.2) is 14.0 Å². The molecule has 2 rings (SSSR count). The predicted molar refractivity (Wildman–Crippen MR) is 73.5 cm³/mol. The van der Waals surface area contributed by atoms with Gasteiger partial charge < -0.3 is 15.2 Å². The summed E-state index contributed by atoms with van der Waals surface area (Å²) >= 11 is 0. The van der Waals surface area contributed by atoms with E-state index in [1.807, 2.05) is 0 Å². The minimum atomic E-state index is -1.37. The van der Waals surface area contributed by atoms with Crippen LogP contribution in [0.15, 0.2) is 24.3 Å². The Morgan fingerprint density at radius 1 is 1.33 bits per heavy atom. The molecule has 0 saturated heterocycles. The van der Waals surface area contributed by atoms with Crippen LogP contribution in [-0.4, -0.2) is 28.3 Å². The van der Waals surface area contributed by atoms with Gasteiger partial charge in [-0.15, -0.1) is 0 Å². The maximum absolute atomic E-state index is 12.9. The number of amides is 1. The number of aliphatic carboxylic acids is 1. The normalized spacial score (nSPS) is 24.3. The summed E-state index contributed by atoms with van der Waals surface area (Å²) in [6.07, 6.45) is -0.512. The first-order chi connectivity index (χ1) is 9.64. The summed E-state index contributed by atoms with van der Waals surface area (Å²) < 4.78 is 18.0. The molecule has 0 unspecified atom stereocenters. The number of nitrogens with one attached hydrogen (secondary N) is 1. The number of alkyl carbamates (subject to hydrolysis) is 1. The Labute approximate surface area is 122 Å². The van der Waals surface area contributed by atoms with Crippen LogP contribution in [0.3, 0.4) is 0 Å². The van der Waals surface area contributed by atoms with Gasteiger partial charge in [-0.3, -0.25) is 0 Å². The average Bonchev–Trinajstić information content (AvgIpc) is 3.03. The maximum atomic E-state index is 12.9. The van der Waals surface area contributed by atoms with Gasteiger partial charge in [-0.1, -0.05) is 12.1 Å². The first kappa shape index (κ1) is 15.3. The van der Waals surface area contributed by atoms with Crippen LogP contribution in [0.1, 0.15) is 38.7 Å². The molecule has 2 N–H and O–H groups in total. The van der Waals surface area contributed by atoms with Gasteiger partial charge in [0, 0.05) is 5.92 Å². The Hall–Kier alpha value is -2.11. The molecule has 0 aliphatic heterocycles. The molecule has 1 aliphatic rings. The van der Waals surface area contributed by atoms with Crippen LogP contribution >= 0.6 is 0 Å². The summed E-state index contributed by atoms with van der Waals surface area (Å²) in [5.41, 5.74) is -1.40. The van der Waals surface area contributed by atoms with Crippen molar-refractivity contribution in [1.82, 2.24) is 5.32 Å². The lowest BCUT2D eigenvalue weighted by Crippen LogP contribution is -2.46. The molecule has 0 spiro atoms. The fraction of sp³-hybridized carbons (Fsp3) is 0.467. The predicted octanol–water partition coefficient (Wildman–Crippen LogP) is 2.66. The first-order valence-electron chi connectivity index (χ1n) is 6.64. The van der Waals surface area contributed by atoms with E-state index < -0.39 is 23.2 Å². The Bertz CT molecular complexity index is 564. The van der Waals surface area contributed by atoms with E-state index in [9.17, 15) is 19.1 Å². The van der Waals surface area contributed by atoms with E-state index in [4.69, 9.17) is 4.74 Å². The first-order valence-corrected chi connectivity index (χ1v) is 6.64. The van der Waals surface area contributed by atoms with Gasteiger partial charge in [-0.2, -0.15) is 0 Å². The zero-order valence-electron chi connectivity index (χ0n) is 12.1. The highest BCUT2D eigenvalue weighted by Crippen LogP contribution is 2.51. The summed E-state index contributed by atoms with van der Waals surface area (Å²) in [7, 11) is 0. The summed E-state index contributed by atoms with van der Waals surface area (Å²) in [6.45, 7) is 5.10. The van der Waals surface area contributed by atoms with Crippen molar-refractivity contribution in [2.75, 3.05) is 0 Å². The molecule has 2 atom stereocenters. The SMILES string of the molecule is CC(C)(C)OC(=O)N[C@]1(C(=O)O)C[C@H]1c1ccc(F)cc1. The van der Waals surface area contributed by atoms with E-state index in [0.717, 1.165) is 0 Å². The molecule has 21 heavy (non-hydrogen) atoms. The standard InChI is InChI=1S/C15H18FNO4/c1-14(2,3)21-13(20)17-15(12(18)19)8-11(15)9-4-6-10(16)7-5-9/h4-7,11H,8H2,1-3H3,(H,17,20)(H,18,19)/t11-,15+/m0/s1. The van der Waals surface area contributed by atoms with Gasteiger partial charge in [0.25, 0.3) is 0 Å². The molecule has 5 nitrogen and oxygen atoms in total. The molecule has 1 amide bonds. The highest BCUT2D eigenvalue weighted by molar-refractivity contribution is 5.90. The van der Waals surface area contributed by atoms with E-state index in [0.29, 0.717) is 5.56 Å². The van der Waals surface area contributed by atoms with Crippen molar-refractivity contribution >= 4 is 12.1 Å². The largest absolute Gasteiger partial charge is 0.479 e.